The smallest absolute Gasteiger partial charge is 0.390 e. The van der Waals surface area contributed by atoms with Gasteiger partial charge in [0.25, 0.3) is 0 Å². The number of carbonyl (C=O) groups is 1. The number of rotatable bonds is 2. The molecule has 0 aliphatic carbocycles. The molecule has 3 heterocycles. The molecule has 0 bridgehead atoms. The van der Waals surface area contributed by atoms with Gasteiger partial charge in [0.2, 0.25) is 5.70 Å². The SMILES string of the molecule is CC1C=C(C(=O)O)[NH+]([O-])c2cnc3c(F)c(N4CCN(C)CC4)c(F)cc3c21. The van der Waals surface area contributed by atoms with Gasteiger partial charge in [0.1, 0.15) is 17.0 Å². The first-order chi connectivity index (χ1) is 13.3. The van der Waals surface area contributed by atoms with E-state index in [4.69, 9.17) is 0 Å². The van der Waals surface area contributed by atoms with Crippen molar-refractivity contribution in [1.29, 1.82) is 0 Å². The van der Waals surface area contributed by atoms with Gasteiger partial charge in [-0.15, -0.1) is 0 Å². The highest BCUT2D eigenvalue weighted by atomic mass is 19.1. The van der Waals surface area contributed by atoms with Crippen LogP contribution in [-0.4, -0.2) is 54.2 Å². The van der Waals surface area contributed by atoms with Crippen LogP contribution in [0.25, 0.3) is 10.9 Å². The number of anilines is 1. The Morgan fingerprint density at radius 2 is 2.00 bits per heavy atom. The Morgan fingerprint density at radius 3 is 2.64 bits per heavy atom. The van der Waals surface area contributed by atoms with Gasteiger partial charge in [0.15, 0.2) is 11.5 Å². The van der Waals surface area contributed by atoms with Crippen LogP contribution in [0.15, 0.2) is 24.0 Å². The summed E-state index contributed by atoms with van der Waals surface area (Å²) >= 11 is 0. The fourth-order valence-corrected chi connectivity index (χ4v) is 3.99. The average molecular weight is 390 g/mol. The van der Waals surface area contributed by atoms with E-state index in [1.807, 2.05) is 7.05 Å². The van der Waals surface area contributed by atoms with E-state index in [0.717, 1.165) is 0 Å². The number of nitrogens with one attached hydrogen (secondary N) is 1. The minimum absolute atomic E-state index is 0.0131. The first-order valence-corrected chi connectivity index (χ1v) is 9.03. The lowest BCUT2D eigenvalue weighted by molar-refractivity contribution is -0.728. The number of pyridine rings is 1. The van der Waals surface area contributed by atoms with E-state index in [1.54, 1.807) is 11.8 Å². The Bertz CT molecular complexity index is 1000. The zero-order valence-electron chi connectivity index (χ0n) is 15.5. The summed E-state index contributed by atoms with van der Waals surface area (Å²) in [5, 5.41) is 21.2. The molecular weight excluding hydrogens is 370 g/mol. The quantitative estimate of drug-likeness (QED) is 0.754. The largest absolute Gasteiger partial charge is 0.623 e. The molecule has 0 radical (unpaired) electrons. The number of aromatic nitrogens is 1. The molecular formula is C19H20F2N4O3. The summed E-state index contributed by atoms with van der Waals surface area (Å²) in [5.74, 6) is -3.28. The number of likely N-dealkylation sites (N-methyl/N-ethyl adjacent to an activating group) is 1. The van der Waals surface area contributed by atoms with Crippen molar-refractivity contribution in [1.82, 2.24) is 9.88 Å². The second-order valence-corrected chi connectivity index (χ2v) is 7.30. The Labute approximate surface area is 160 Å². The minimum atomic E-state index is -1.33. The molecule has 2 unspecified atom stereocenters. The first-order valence-electron chi connectivity index (χ1n) is 9.03. The molecule has 2 aromatic rings. The summed E-state index contributed by atoms with van der Waals surface area (Å²) in [4.78, 5) is 19.1. The van der Waals surface area contributed by atoms with Gasteiger partial charge in [-0.1, -0.05) is 6.92 Å². The van der Waals surface area contributed by atoms with Gasteiger partial charge in [0, 0.05) is 43.0 Å². The molecule has 2 N–H and O–H groups in total. The number of quaternary nitrogens is 1. The Morgan fingerprint density at radius 1 is 1.32 bits per heavy atom. The van der Waals surface area contributed by atoms with Crippen molar-refractivity contribution in [2.75, 3.05) is 38.1 Å². The lowest BCUT2D eigenvalue weighted by Gasteiger charge is -2.35. The van der Waals surface area contributed by atoms with Crippen LogP contribution in [0.4, 0.5) is 20.2 Å². The third-order valence-electron chi connectivity index (χ3n) is 5.48. The summed E-state index contributed by atoms with van der Waals surface area (Å²) in [5.41, 5.74) is 0.00966. The number of allylic oxidation sites excluding steroid dienone is 1. The molecule has 1 aromatic heterocycles. The minimum Gasteiger partial charge on any atom is -0.623 e. The molecule has 9 heteroatoms. The van der Waals surface area contributed by atoms with Gasteiger partial charge < -0.3 is 25.2 Å². The van der Waals surface area contributed by atoms with Crippen LogP contribution in [0.5, 0.6) is 0 Å². The molecule has 2 aliphatic rings. The van der Waals surface area contributed by atoms with Crippen LogP contribution in [0, 0.1) is 16.8 Å². The normalized spacial score (nSPS) is 22.9. The molecule has 2 atom stereocenters. The molecule has 1 fully saturated rings. The van der Waals surface area contributed by atoms with Crippen LogP contribution in [0.3, 0.4) is 0 Å². The predicted octanol–water partition coefficient (Wildman–Crippen LogP) is 1.36. The number of carboxylic acid groups (broad SMARTS) is 1. The topological polar surface area (TPSA) is 84.2 Å². The number of hydroxylamine groups is 1. The van der Waals surface area contributed by atoms with Crippen LogP contribution < -0.4 is 9.96 Å². The van der Waals surface area contributed by atoms with Crippen LogP contribution in [0.1, 0.15) is 18.4 Å². The van der Waals surface area contributed by atoms with E-state index in [2.05, 4.69) is 9.88 Å². The zero-order valence-corrected chi connectivity index (χ0v) is 15.5. The summed E-state index contributed by atoms with van der Waals surface area (Å²) in [6, 6.07) is 1.21. The number of aliphatic carboxylic acids is 1. The van der Waals surface area contributed by atoms with E-state index in [-0.39, 0.29) is 28.0 Å². The van der Waals surface area contributed by atoms with Crippen molar-refractivity contribution in [3.05, 3.63) is 46.4 Å². The molecule has 0 saturated carbocycles. The molecule has 148 valence electrons. The fourth-order valence-electron chi connectivity index (χ4n) is 3.99. The van der Waals surface area contributed by atoms with Crippen molar-refractivity contribution in [3.8, 4) is 0 Å². The highest BCUT2D eigenvalue weighted by molar-refractivity contribution is 5.91. The van der Waals surface area contributed by atoms with Crippen molar-refractivity contribution in [2.24, 2.45) is 0 Å². The summed E-state index contributed by atoms with van der Waals surface area (Å²) < 4.78 is 30.2. The van der Waals surface area contributed by atoms with Crippen molar-refractivity contribution < 1.29 is 23.7 Å². The Hall–Kier alpha value is -2.62. The number of benzene rings is 1. The number of hydrogen-bond acceptors (Lipinski definition) is 5. The molecule has 1 aromatic carbocycles. The lowest BCUT2D eigenvalue weighted by Crippen LogP contribution is -3.02. The highest BCUT2D eigenvalue weighted by Gasteiger charge is 2.33. The van der Waals surface area contributed by atoms with Gasteiger partial charge in [-0.05, 0) is 19.2 Å². The second kappa shape index (κ2) is 6.77. The maximum absolute atomic E-state index is 15.3. The van der Waals surface area contributed by atoms with E-state index in [0.29, 0.717) is 31.7 Å². The molecule has 2 aliphatic heterocycles. The number of nitrogens with zero attached hydrogens (tertiary/aromatic N) is 3. The predicted molar refractivity (Wildman–Crippen MR) is 99.5 cm³/mol. The number of piperazine rings is 1. The Kier molecular flexibility index (Phi) is 4.53. The fraction of sp³-hybridized carbons (Fsp3) is 0.368. The molecule has 28 heavy (non-hydrogen) atoms. The van der Waals surface area contributed by atoms with Gasteiger partial charge in [-0.25, -0.2) is 18.6 Å². The maximum Gasteiger partial charge on any atom is 0.390 e. The lowest BCUT2D eigenvalue weighted by atomic mass is 9.91. The Balaban J connectivity index is 1.87. The molecule has 0 amide bonds. The molecule has 7 nitrogen and oxygen atoms in total. The van der Waals surface area contributed by atoms with E-state index in [9.17, 15) is 19.5 Å². The number of carboxylic acids is 1. The second-order valence-electron chi connectivity index (χ2n) is 7.30. The van der Waals surface area contributed by atoms with E-state index >= 15 is 4.39 Å². The maximum atomic E-state index is 15.3. The summed E-state index contributed by atoms with van der Waals surface area (Å²) in [6.45, 7) is 4.09. The van der Waals surface area contributed by atoms with Crippen molar-refractivity contribution >= 4 is 28.2 Å². The summed E-state index contributed by atoms with van der Waals surface area (Å²) in [7, 11) is 1.95. The standard InChI is InChI=1S/C19H20F2N4O3/c1-10-7-13(19(26)27)25(28)14-9-22-17-11(15(10)14)8-12(20)18(16(17)21)24-5-3-23(2)4-6-24/h7-10,25H,3-6H2,1-2H3,(H,26,27). The van der Waals surface area contributed by atoms with Gasteiger partial charge in [0.05, 0.1) is 6.20 Å². The average Bonchev–Trinajstić information content (AvgIpc) is 2.65. The monoisotopic (exact) mass is 390 g/mol. The highest BCUT2D eigenvalue weighted by Crippen LogP contribution is 2.38. The van der Waals surface area contributed by atoms with E-state index < -0.39 is 28.6 Å². The number of fused-ring (bicyclic) bond motifs is 3. The summed E-state index contributed by atoms with van der Waals surface area (Å²) in [6.07, 6.45) is 2.51. The number of hydrogen-bond donors (Lipinski definition) is 2. The number of halogens is 2. The van der Waals surface area contributed by atoms with Crippen LogP contribution in [0.2, 0.25) is 0 Å². The first kappa shape index (κ1) is 18.7. The molecule has 1 saturated heterocycles. The van der Waals surface area contributed by atoms with Gasteiger partial charge in [-0.3, -0.25) is 0 Å². The third-order valence-corrected chi connectivity index (χ3v) is 5.48. The molecule has 4 rings (SSSR count). The van der Waals surface area contributed by atoms with Crippen molar-refractivity contribution in [2.45, 2.75) is 12.8 Å². The zero-order chi connectivity index (χ0) is 20.2. The third kappa shape index (κ3) is 2.83. The van der Waals surface area contributed by atoms with Gasteiger partial charge in [-0.2, -0.15) is 0 Å². The van der Waals surface area contributed by atoms with Crippen molar-refractivity contribution in [3.63, 3.8) is 0 Å². The van der Waals surface area contributed by atoms with Gasteiger partial charge >= 0.3 is 5.97 Å². The van der Waals surface area contributed by atoms with E-state index in [1.165, 1.54) is 18.3 Å². The van der Waals surface area contributed by atoms with Crippen LogP contribution >= 0.6 is 0 Å². The van der Waals surface area contributed by atoms with Crippen LogP contribution in [-0.2, 0) is 4.79 Å². The molecule has 0 spiro atoms.